The fraction of sp³-hybridized carbons (Fsp3) is 0.350. The van der Waals surface area contributed by atoms with Gasteiger partial charge in [0, 0.05) is 13.1 Å². The summed E-state index contributed by atoms with van der Waals surface area (Å²) in [4.78, 5) is 12.2. The van der Waals surface area contributed by atoms with Gasteiger partial charge in [0.2, 0.25) is 15.9 Å². The Morgan fingerprint density at radius 3 is 2.29 bits per heavy atom. The number of nitrogens with one attached hydrogen (secondary N) is 1. The minimum Gasteiger partial charge on any atom is -0.493 e. The average molecular weight is 407 g/mol. The monoisotopic (exact) mass is 406 g/mol. The number of hydrogen-bond donors (Lipinski definition) is 1. The maximum atomic E-state index is 12.2. The SMILES string of the molecule is COc1ccc(CCNC(=O)CN(Cc2ccccc2)S(C)(=O)=O)cc1OC. The van der Waals surface area contributed by atoms with Crippen LogP contribution in [0.15, 0.2) is 48.5 Å². The second-order valence-corrected chi connectivity index (χ2v) is 8.29. The van der Waals surface area contributed by atoms with E-state index >= 15 is 0 Å². The molecule has 0 radical (unpaired) electrons. The molecule has 0 aliphatic carbocycles. The van der Waals surface area contributed by atoms with E-state index in [4.69, 9.17) is 9.47 Å². The second-order valence-electron chi connectivity index (χ2n) is 6.31. The third kappa shape index (κ3) is 6.54. The van der Waals surface area contributed by atoms with Gasteiger partial charge in [-0.1, -0.05) is 36.4 Å². The standard InChI is InChI=1S/C20H26N2O5S/c1-26-18-10-9-16(13-19(18)27-2)11-12-21-20(23)15-22(28(3,24)25)14-17-7-5-4-6-8-17/h4-10,13H,11-12,14-15H2,1-3H3,(H,21,23). The highest BCUT2D eigenvalue weighted by atomic mass is 32.2. The van der Waals surface area contributed by atoms with Gasteiger partial charge in [-0.05, 0) is 29.7 Å². The summed E-state index contributed by atoms with van der Waals surface area (Å²) in [5, 5.41) is 2.77. The fourth-order valence-electron chi connectivity index (χ4n) is 2.68. The molecule has 2 rings (SSSR count). The first kappa shape index (κ1) is 21.7. The van der Waals surface area contributed by atoms with Crippen LogP contribution in [0.3, 0.4) is 0 Å². The molecule has 0 bridgehead atoms. The molecular formula is C20H26N2O5S. The molecule has 0 aromatic heterocycles. The molecule has 0 spiro atoms. The highest BCUT2D eigenvalue weighted by molar-refractivity contribution is 7.88. The number of ether oxygens (including phenoxy) is 2. The first-order chi connectivity index (χ1) is 13.3. The normalized spacial score (nSPS) is 11.3. The van der Waals surface area contributed by atoms with Gasteiger partial charge in [-0.3, -0.25) is 4.79 Å². The van der Waals surface area contributed by atoms with Crippen molar-refractivity contribution in [2.75, 3.05) is 33.6 Å². The Kier molecular flexibility index (Phi) is 7.83. The quantitative estimate of drug-likeness (QED) is 0.651. The van der Waals surface area contributed by atoms with Crippen molar-refractivity contribution in [3.8, 4) is 11.5 Å². The van der Waals surface area contributed by atoms with Gasteiger partial charge in [-0.2, -0.15) is 4.31 Å². The van der Waals surface area contributed by atoms with Crippen molar-refractivity contribution in [2.45, 2.75) is 13.0 Å². The Morgan fingerprint density at radius 1 is 1.00 bits per heavy atom. The molecule has 2 aromatic rings. The zero-order valence-corrected chi connectivity index (χ0v) is 17.2. The molecule has 2 aromatic carbocycles. The van der Waals surface area contributed by atoms with Crippen molar-refractivity contribution < 1.29 is 22.7 Å². The number of rotatable bonds is 10. The predicted molar refractivity (Wildman–Crippen MR) is 108 cm³/mol. The van der Waals surface area contributed by atoms with Crippen molar-refractivity contribution in [1.29, 1.82) is 0 Å². The largest absolute Gasteiger partial charge is 0.493 e. The summed E-state index contributed by atoms with van der Waals surface area (Å²) < 4.78 is 35.7. The van der Waals surface area contributed by atoms with Crippen LogP contribution < -0.4 is 14.8 Å². The van der Waals surface area contributed by atoms with Crippen LogP contribution in [-0.2, 0) is 27.8 Å². The van der Waals surface area contributed by atoms with E-state index in [1.807, 2.05) is 42.5 Å². The number of sulfonamides is 1. The molecule has 0 aliphatic heterocycles. The third-order valence-electron chi connectivity index (χ3n) is 4.17. The summed E-state index contributed by atoms with van der Waals surface area (Å²) in [5.41, 5.74) is 1.80. The Hall–Kier alpha value is -2.58. The van der Waals surface area contributed by atoms with E-state index in [9.17, 15) is 13.2 Å². The van der Waals surface area contributed by atoms with Crippen LogP contribution in [0, 0.1) is 0 Å². The molecule has 0 atom stereocenters. The van der Waals surface area contributed by atoms with E-state index in [0.29, 0.717) is 24.5 Å². The highest BCUT2D eigenvalue weighted by Crippen LogP contribution is 2.27. The average Bonchev–Trinajstić information content (AvgIpc) is 2.67. The van der Waals surface area contributed by atoms with E-state index in [1.165, 1.54) is 0 Å². The van der Waals surface area contributed by atoms with Crippen LogP contribution in [0.4, 0.5) is 0 Å². The lowest BCUT2D eigenvalue weighted by molar-refractivity contribution is -0.121. The molecule has 1 amide bonds. The number of carbonyl (C=O) groups excluding carboxylic acids is 1. The zero-order chi connectivity index (χ0) is 20.6. The van der Waals surface area contributed by atoms with Crippen molar-refractivity contribution in [1.82, 2.24) is 9.62 Å². The first-order valence-corrected chi connectivity index (χ1v) is 10.6. The van der Waals surface area contributed by atoms with E-state index < -0.39 is 10.0 Å². The van der Waals surface area contributed by atoms with E-state index in [-0.39, 0.29) is 19.0 Å². The van der Waals surface area contributed by atoms with Gasteiger partial charge in [0.25, 0.3) is 0 Å². The Bertz CT molecular complexity index is 885. The minimum atomic E-state index is -3.51. The van der Waals surface area contributed by atoms with Crippen LogP contribution in [0.25, 0.3) is 0 Å². The Balaban J connectivity index is 1.91. The van der Waals surface area contributed by atoms with Gasteiger partial charge in [0.1, 0.15) is 0 Å². The van der Waals surface area contributed by atoms with Crippen LogP contribution >= 0.6 is 0 Å². The molecule has 0 saturated heterocycles. The summed E-state index contributed by atoms with van der Waals surface area (Å²) in [6.07, 6.45) is 1.69. The Morgan fingerprint density at radius 2 is 1.68 bits per heavy atom. The van der Waals surface area contributed by atoms with Crippen molar-refractivity contribution >= 4 is 15.9 Å². The summed E-state index contributed by atoms with van der Waals surface area (Å²) in [6, 6.07) is 14.7. The highest BCUT2D eigenvalue weighted by Gasteiger charge is 2.20. The molecule has 0 saturated carbocycles. The van der Waals surface area contributed by atoms with Crippen molar-refractivity contribution in [3.05, 3.63) is 59.7 Å². The van der Waals surface area contributed by atoms with Crippen molar-refractivity contribution in [2.24, 2.45) is 0 Å². The topological polar surface area (TPSA) is 84.9 Å². The fourth-order valence-corrected chi connectivity index (χ4v) is 3.41. The maximum Gasteiger partial charge on any atom is 0.235 e. The van der Waals surface area contributed by atoms with Gasteiger partial charge in [-0.25, -0.2) is 8.42 Å². The number of hydrogen-bond acceptors (Lipinski definition) is 5. The lowest BCUT2D eigenvalue weighted by atomic mass is 10.1. The van der Waals surface area contributed by atoms with Gasteiger partial charge in [0.05, 0.1) is 27.0 Å². The van der Waals surface area contributed by atoms with E-state index in [0.717, 1.165) is 21.7 Å². The molecule has 152 valence electrons. The van der Waals surface area contributed by atoms with E-state index in [2.05, 4.69) is 5.32 Å². The molecule has 0 heterocycles. The van der Waals surface area contributed by atoms with Crippen LogP contribution in [0.5, 0.6) is 11.5 Å². The maximum absolute atomic E-state index is 12.2. The van der Waals surface area contributed by atoms with Gasteiger partial charge < -0.3 is 14.8 Å². The summed E-state index contributed by atoms with van der Waals surface area (Å²) in [7, 11) is -0.374. The molecule has 7 nitrogen and oxygen atoms in total. The predicted octanol–water partition coefficient (Wildman–Crippen LogP) is 1.82. The van der Waals surface area contributed by atoms with E-state index in [1.54, 1.807) is 20.3 Å². The Labute approximate surface area is 166 Å². The molecule has 0 unspecified atom stereocenters. The molecule has 28 heavy (non-hydrogen) atoms. The van der Waals surface area contributed by atoms with Crippen molar-refractivity contribution in [3.63, 3.8) is 0 Å². The molecule has 8 heteroatoms. The number of benzene rings is 2. The minimum absolute atomic E-state index is 0.156. The third-order valence-corrected chi connectivity index (χ3v) is 5.37. The molecule has 0 aliphatic rings. The molecule has 0 fully saturated rings. The lowest BCUT2D eigenvalue weighted by Gasteiger charge is -2.19. The smallest absolute Gasteiger partial charge is 0.235 e. The van der Waals surface area contributed by atoms with Crippen LogP contribution in [0.2, 0.25) is 0 Å². The number of methoxy groups -OCH3 is 2. The summed E-state index contributed by atoms with van der Waals surface area (Å²) >= 11 is 0. The second kappa shape index (κ2) is 10.1. The number of nitrogens with zero attached hydrogens (tertiary/aromatic N) is 1. The van der Waals surface area contributed by atoms with Gasteiger partial charge in [-0.15, -0.1) is 0 Å². The van der Waals surface area contributed by atoms with Gasteiger partial charge in [0.15, 0.2) is 11.5 Å². The van der Waals surface area contributed by atoms with Gasteiger partial charge >= 0.3 is 0 Å². The lowest BCUT2D eigenvalue weighted by Crippen LogP contribution is -2.40. The zero-order valence-electron chi connectivity index (χ0n) is 16.3. The number of amides is 1. The van der Waals surface area contributed by atoms with Crippen LogP contribution in [-0.4, -0.2) is 52.2 Å². The first-order valence-electron chi connectivity index (χ1n) is 8.80. The molecular weight excluding hydrogens is 380 g/mol. The number of carbonyl (C=O) groups is 1. The summed E-state index contributed by atoms with van der Waals surface area (Å²) in [5.74, 6) is 0.916. The molecule has 1 N–H and O–H groups in total. The van der Waals surface area contributed by atoms with Crippen LogP contribution in [0.1, 0.15) is 11.1 Å². The summed E-state index contributed by atoms with van der Waals surface area (Å²) in [6.45, 7) is 0.319.